The SMILES string of the molecule is Cc1c(Cc2ccccc2)nnc(N2CCC(C3=Nc4ncccc4C3)CC2)c1C. The van der Waals surface area contributed by atoms with Gasteiger partial charge in [-0.2, -0.15) is 5.10 Å². The van der Waals surface area contributed by atoms with Crippen molar-refractivity contribution in [3.63, 3.8) is 0 Å². The lowest BCUT2D eigenvalue weighted by molar-refractivity contribution is 0.494. The van der Waals surface area contributed by atoms with Crippen LogP contribution < -0.4 is 4.90 Å². The van der Waals surface area contributed by atoms with Crippen LogP contribution in [0.25, 0.3) is 0 Å². The maximum absolute atomic E-state index is 4.82. The second-order valence-electron chi connectivity index (χ2n) is 8.41. The molecule has 5 rings (SSSR count). The lowest BCUT2D eigenvalue weighted by Gasteiger charge is -2.33. The number of anilines is 1. The third-order valence-corrected chi connectivity index (χ3v) is 6.56. The summed E-state index contributed by atoms with van der Waals surface area (Å²) in [4.78, 5) is 11.6. The Bertz CT molecular complexity index is 1080. The zero-order valence-electron chi connectivity index (χ0n) is 17.7. The molecule has 0 amide bonds. The molecule has 0 aliphatic carbocycles. The van der Waals surface area contributed by atoms with Gasteiger partial charge in [-0.05, 0) is 49.4 Å². The third-order valence-electron chi connectivity index (χ3n) is 6.56. The van der Waals surface area contributed by atoms with E-state index in [2.05, 4.69) is 64.3 Å². The zero-order chi connectivity index (χ0) is 20.5. The Balaban J connectivity index is 1.27. The van der Waals surface area contributed by atoms with Crippen LogP contribution in [0, 0.1) is 19.8 Å². The van der Waals surface area contributed by atoms with E-state index in [1.807, 2.05) is 18.3 Å². The maximum Gasteiger partial charge on any atom is 0.155 e. The van der Waals surface area contributed by atoms with E-state index in [9.17, 15) is 0 Å². The molecule has 2 aliphatic heterocycles. The molecular formula is C25H27N5. The topological polar surface area (TPSA) is 54.3 Å². The van der Waals surface area contributed by atoms with Crippen LogP contribution >= 0.6 is 0 Å². The van der Waals surface area contributed by atoms with Gasteiger partial charge in [-0.1, -0.05) is 36.4 Å². The predicted molar refractivity (Wildman–Crippen MR) is 121 cm³/mol. The van der Waals surface area contributed by atoms with E-state index in [0.29, 0.717) is 5.92 Å². The molecule has 2 aromatic heterocycles. The zero-order valence-corrected chi connectivity index (χ0v) is 17.7. The second-order valence-corrected chi connectivity index (χ2v) is 8.41. The van der Waals surface area contributed by atoms with Crippen molar-refractivity contribution in [1.82, 2.24) is 15.2 Å². The van der Waals surface area contributed by atoms with Gasteiger partial charge in [-0.3, -0.25) is 0 Å². The quantitative estimate of drug-likeness (QED) is 0.644. The molecule has 0 radical (unpaired) electrons. The van der Waals surface area contributed by atoms with Crippen LogP contribution in [0.15, 0.2) is 53.7 Å². The van der Waals surface area contributed by atoms with Gasteiger partial charge in [0, 0.05) is 49.3 Å². The molecule has 30 heavy (non-hydrogen) atoms. The molecule has 3 aromatic rings. The van der Waals surface area contributed by atoms with Gasteiger partial charge in [-0.25, -0.2) is 9.98 Å². The van der Waals surface area contributed by atoms with Gasteiger partial charge in [0.05, 0.1) is 5.69 Å². The summed E-state index contributed by atoms with van der Waals surface area (Å²) in [5.74, 6) is 2.50. The van der Waals surface area contributed by atoms with Crippen molar-refractivity contribution in [2.75, 3.05) is 18.0 Å². The fourth-order valence-electron chi connectivity index (χ4n) is 4.60. The third kappa shape index (κ3) is 3.60. The lowest BCUT2D eigenvalue weighted by Crippen LogP contribution is -2.37. The van der Waals surface area contributed by atoms with Gasteiger partial charge < -0.3 is 4.90 Å². The first-order chi connectivity index (χ1) is 14.7. The van der Waals surface area contributed by atoms with Gasteiger partial charge in [0.15, 0.2) is 11.6 Å². The Morgan fingerprint density at radius 1 is 0.933 bits per heavy atom. The first-order valence-corrected chi connectivity index (χ1v) is 10.8. The Labute approximate surface area is 177 Å². The summed E-state index contributed by atoms with van der Waals surface area (Å²) in [5, 5.41) is 9.26. The molecule has 1 saturated heterocycles. The van der Waals surface area contributed by atoms with E-state index in [4.69, 9.17) is 4.99 Å². The summed E-state index contributed by atoms with van der Waals surface area (Å²) in [6, 6.07) is 14.6. The van der Waals surface area contributed by atoms with E-state index < -0.39 is 0 Å². The standard InChI is InChI=1S/C25H27N5/c1-17-18(2)25(29-28-22(17)15-19-7-4-3-5-8-19)30-13-10-20(11-14-30)23-16-21-9-6-12-26-24(21)27-23/h3-9,12,20H,10-11,13-16H2,1-2H3. The Morgan fingerprint density at radius 2 is 1.73 bits per heavy atom. The highest BCUT2D eigenvalue weighted by Gasteiger charge is 2.28. The molecule has 0 atom stereocenters. The van der Waals surface area contributed by atoms with Crippen LogP contribution in [-0.2, 0) is 12.8 Å². The number of rotatable bonds is 4. The molecular weight excluding hydrogens is 370 g/mol. The van der Waals surface area contributed by atoms with E-state index in [-0.39, 0.29) is 0 Å². The number of hydrogen-bond donors (Lipinski definition) is 0. The average molecular weight is 398 g/mol. The number of hydrogen-bond acceptors (Lipinski definition) is 5. The number of piperidine rings is 1. The number of aliphatic imine (C=N–C) groups is 1. The molecule has 1 aromatic carbocycles. The summed E-state index contributed by atoms with van der Waals surface area (Å²) >= 11 is 0. The number of fused-ring (bicyclic) bond motifs is 1. The smallest absolute Gasteiger partial charge is 0.155 e. The van der Waals surface area contributed by atoms with Crippen molar-refractivity contribution in [2.24, 2.45) is 10.9 Å². The van der Waals surface area contributed by atoms with Gasteiger partial charge in [0.25, 0.3) is 0 Å². The highest BCUT2D eigenvalue weighted by atomic mass is 15.3. The first kappa shape index (κ1) is 18.9. The number of benzene rings is 1. The number of pyridine rings is 1. The Kier molecular flexibility index (Phi) is 5.03. The van der Waals surface area contributed by atoms with Crippen LogP contribution in [0.5, 0.6) is 0 Å². The summed E-state index contributed by atoms with van der Waals surface area (Å²) in [6.07, 6.45) is 5.84. The molecule has 5 heteroatoms. The fourth-order valence-corrected chi connectivity index (χ4v) is 4.60. The fraction of sp³-hybridized carbons (Fsp3) is 0.360. The summed E-state index contributed by atoms with van der Waals surface area (Å²) < 4.78 is 0. The van der Waals surface area contributed by atoms with Crippen molar-refractivity contribution in [3.8, 4) is 0 Å². The summed E-state index contributed by atoms with van der Waals surface area (Å²) in [7, 11) is 0. The van der Waals surface area contributed by atoms with Crippen LogP contribution in [0.3, 0.4) is 0 Å². The normalized spacial score (nSPS) is 16.5. The van der Waals surface area contributed by atoms with Crippen molar-refractivity contribution >= 4 is 17.3 Å². The molecule has 0 spiro atoms. The van der Waals surface area contributed by atoms with E-state index in [1.54, 1.807) is 0 Å². The minimum Gasteiger partial charge on any atom is -0.355 e. The molecule has 5 nitrogen and oxygen atoms in total. The number of nitrogens with zero attached hydrogens (tertiary/aromatic N) is 5. The van der Waals surface area contributed by atoms with Crippen molar-refractivity contribution < 1.29 is 0 Å². The van der Waals surface area contributed by atoms with E-state index in [1.165, 1.54) is 28.0 Å². The molecule has 0 N–H and O–H groups in total. The van der Waals surface area contributed by atoms with Crippen LogP contribution in [0.4, 0.5) is 11.6 Å². The molecule has 4 heterocycles. The monoisotopic (exact) mass is 397 g/mol. The van der Waals surface area contributed by atoms with Crippen molar-refractivity contribution in [3.05, 3.63) is 76.6 Å². The molecule has 152 valence electrons. The van der Waals surface area contributed by atoms with Crippen molar-refractivity contribution in [2.45, 2.75) is 39.5 Å². The Hall–Kier alpha value is -3.08. The molecule has 0 saturated carbocycles. The van der Waals surface area contributed by atoms with Gasteiger partial charge in [0.1, 0.15) is 0 Å². The van der Waals surface area contributed by atoms with E-state index >= 15 is 0 Å². The lowest BCUT2D eigenvalue weighted by atomic mass is 9.89. The summed E-state index contributed by atoms with van der Waals surface area (Å²) in [5.41, 5.74) is 7.43. The first-order valence-electron chi connectivity index (χ1n) is 10.8. The van der Waals surface area contributed by atoms with Gasteiger partial charge >= 0.3 is 0 Å². The average Bonchev–Trinajstić information content (AvgIpc) is 3.22. The highest BCUT2D eigenvalue weighted by Crippen LogP contribution is 2.32. The maximum atomic E-state index is 4.82. The molecule has 1 fully saturated rings. The highest BCUT2D eigenvalue weighted by molar-refractivity contribution is 5.95. The van der Waals surface area contributed by atoms with Gasteiger partial charge in [0.2, 0.25) is 0 Å². The largest absolute Gasteiger partial charge is 0.355 e. The predicted octanol–water partition coefficient (Wildman–Crippen LogP) is 4.62. The van der Waals surface area contributed by atoms with Crippen LogP contribution in [0.2, 0.25) is 0 Å². The summed E-state index contributed by atoms with van der Waals surface area (Å²) in [6.45, 7) is 6.36. The number of aromatic nitrogens is 3. The Morgan fingerprint density at radius 3 is 2.50 bits per heavy atom. The van der Waals surface area contributed by atoms with Gasteiger partial charge in [-0.15, -0.1) is 5.10 Å². The second kappa shape index (κ2) is 7.98. The van der Waals surface area contributed by atoms with Crippen LogP contribution in [0.1, 0.15) is 40.8 Å². The van der Waals surface area contributed by atoms with Crippen LogP contribution in [-0.4, -0.2) is 34.0 Å². The minimum atomic E-state index is 0.544. The van der Waals surface area contributed by atoms with E-state index in [0.717, 1.165) is 56.1 Å². The van der Waals surface area contributed by atoms with Crippen molar-refractivity contribution in [1.29, 1.82) is 0 Å². The molecule has 2 aliphatic rings. The molecule has 0 bridgehead atoms. The molecule has 0 unspecified atom stereocenters. The minimum absolute atomic E-state index is 0.544.